The number of aryl methyl sites for hydroxylation is 2. The van der Waals surface area contributed by atoms with Crippen LogP contribution in [0.25, 0.3) is 16.7 Å². The lowest BCUT2D eigenvalue weighted by Gasteiger charge is -2.13. The van der Waals surface area contributed by atoms with Crippen LogP contribution in [0.15, 0.2) is 58.5 Å². The molecule has 0 aliphatic heterocycles. The molecule has 148 valence electrons. The third-order valence-corrected chi connectivity index (χ3v) is 5.54. The maximum absolute atomic E-state index is 13.7. The van der Waals surface area contributed by atoms with E-state index in [4.69, 9.17) is 0 Å². The molecule has 0 aliphatic rings. The van der Waals surface area contributed by atoms with Gasteiger partial charge in [0.05, 0.1) is 11.2 Å². The Labute approximate surface area is 170 Å². The summed E-state index contributed by atoms with van der Waals surface area (Å²) in [5.74, 6) is -1.80. The lowest BCUT2D eigenvalue weighted by Crippen LogP contribution is -2.23. The Morgan fingerprint density at radius 1 is 1.00 bits per heavy atom. The molecule has 0 atom stereocenters. The standard InChI is InChI=1S/C22H19F2N3OS/c1-13-4-7-16(8-5-13)27-21(28)20-19(25-22(27)29-3)10-14(2)26(20)12-15-6-9-17(23)18(24)11-15/h4-11H,12H2,1-3H3. The molecule has 0 aliphatic carbocycles. The van der Waals surface area contributed by atoms with E-state index in [-0.39, 0.29) is 12.1 Å². The maximum atomic E-state index is 13.7. The minimum absolute atomic E-state index is 0.195. The van der Waals surface area contributed by atoms with Crippen LogP contribution in [0.3, 0.4) is 0 Å². The second-order valence-electron chi connectivity index (χ2n) is 6.93. The average Bonchev–Trinajstić information content (AvgIpc) is 3.01. The summed E-state index contributed by atoms with van der Waals surface area (Å²) in [5, 5.41) is 0.594. The zero-order chi connectivity index (χ0) is 20.7. The first kappa shape index (κ1) is 19.4. The molecule has 0 saturated carbocycles. The van der Waals surface area contributed by atoms with Gasteiger partial charge in [0.1, 0.15) is 5.52 Å². The van der Waals surface area contributed by atoms with Crippen LogP contribution in [0, 0.1) is 25.5 Å². The number of hydrogen-bond donors (Lipinski definition) is 0. The number of hydrogen-bond acceptors (Lipinski definition) is 3. The van der Waals surface area contributed by atoms with E-state index in [1.165, 1.54) is 17.8 Å². The molecular weight excluding hydrogens is 392 g/mol. The van der Waals surface area contributed by atoms with Gasteiger partial charge in [-0.25, -0.2) is 13.8 Å². The Morgan fingerprint density at radius 2 is 1.72 bits per heavy atom. The SMILES string of the molecule is CSc1nc2cc(C)n(Cc3ccc(F)c(F)c3)c2c(=O)n1-c1ccc(C)cc1. The third-order valence-electron chi connectivity index (χ3n) is 4.90. The van der Waals surface area contributed by atoms with Crippen molar-refractivity contribution < 1.29 is 8.78 Å². The lowest BCUT2D eigenvalue weighted by atomic mass is 10.2. The summed E-state index contributed by atoms with van der Waals surface area (Å²) >= 11 is 1.40. The normalized spacial score (nSPS) is 11.3. The molecule has 0 fully saturated rings. The first-order valence-corrected chi connectivity index (χ1v) is 10.3. The predicted octanol–water partition coefficient (Wildman–Crippen LogP) is 4.85. The second-order valence-corrected chi connectivity index (χ2v) is 7.70. The summed E-state index contributed by atoms with van der Waals surface area (Å²) in [6.45, 7) is 4.10. The van der Waals surface area contributed by atoms with Gasteiger partial charge in [-0.15, -0.1) is 0 Å². The van der Waals surface area contributed by atoms with Crippen molar-refractivity contribution in [2.75, 3.05) is 6.26 Å². The highest BCUT2D eigenvalue weighted by molar-refractivity contribution is 7.98. The van der Waals surface area contributed by atoms with Gasteiger partial charge >= 0.3 is 0 Å². The van der Waals surface area contributed by atoms with Crippen LogP contribution in [-0.4, -0.2) is 20.4 Å². The summed E-state index contributed by atoms with van der Waals surface area (Å²) < 4.78 is 30.3. The Kier molecular flexibility index (Phi) is 5.00. The van der Waals surface area contributed by atoms with E-state index in [1.54, 1.807) is 9.13 Å². The van der Waals surface area contributed by atoms with Gasteiger partial charge in [0.25, 0.3) is 5.56 Å². The summed E-state index contributed by atoms with van der Waals surface area (Å²) in [6.07, 6.45) is 1.88. The Hall–Kier alpha value is -2.93. The highest BCUT2D eigenvalue weighted by Gasteiger charge is 2.18. The molecule has 7 heteroatoms. The highest BCUT2D eigenvalue weighted by atomic mass is 32.2. The molecule has 2 aromatic heterocycles. The summed E-state index contributed by atoms with van der Waals surface area (Å²) in [4.78, 5) is 18.2. The van der Waals surface area contributed by atoms with Gasteiger partial charge < -0.3 is 4.57 Å². The number of thioether (sulfide) groups is 1. The van der Waals surface area contributed by atoms with Gasteiger partial charge in [0.15, 0.2) is 16.8 Å². The fraction of sp³-hybridized carbons (Fsp3) is 0.182. The Morgan fingerprint density at radius 3 is 2.38 bits per heavy atom. The van der Waals surface area contributed by atoms with Crippen molar-refractivity contribution >= 4 is 22.8 Å². The van der Waals surface area contributed by atoms with Crippen molar-refractivity contribution in [1.29, 1.82) is 0 Å². The van der Waals surface area contributed by atoms with Crippen LogP contribution in [0.5, 0.6) is 0 Å². The molecule has 4 nitrogen and oxygen atoms in total. The van der Waals surface area contributed by atoms with Gasteiger partial charge in [-0.05, 0) is 56.0 Å². The van der Waals surface area contributed by atoms with Crippen molar-refractivity contribution in [3.05, 3.63) is 87.3 Å². The Bertz CT molecular complexity index is 1280. The van der Waals surface area contributed by atoms with Crippen molar-refractivity contribution in [3.63, 3.8) is 0 Å². The third kappa shape index (κ3) is 3.46. The Balaban J connectivity index is 1.93. The van der Waals surface area contributed by atoms with E-state index in [0.717, 1.165) is 29.1 Å². The first-order valence-electron chi connectivity index (χ1n) is 9.07. The van der Waals surface area contributed by atoms with Crippen LogP contribution >= 0.6 is 11.8 Å². The van der Waals surface area contributed by atoms with Gasteiger partial charge in [-0.2, -0.15) is 0 Å². The van der Waals surface area contributed by atoms with E-state index in [0.29, 0.717) is 21.8 Å². The molecule has 0 spiro atoms. The molecule has 0 amide bonds. The molecule has 0 unspecified atom stereocenters. The van der Waals surface area contributed by atoms with Gasteiger partial charge in [0, 0.05) is 12.2 Å². The lowest BCUT2D eigenvalue weighted by molar-refractivity contribution is 0.506. The number of aromatic nitrogens is 3. The van der Waals surface area contributed by atoms with Gasteiger partial charge in [-0.1, -0.05) is 35.5 Å². The van der Waals surface area contributed by atoms with E-state index in [1.807, 2.05) is 50.4 Å². The van der Waals surface area contributed by atoms with E-state index in [9.17, 15) is 13.6 Å². The molecule has 2 heterocycles. The molecule has 0 N–H and O–H groups in total. The molecule has 0 bridgehead atoms. The molecule has 0 radical (unpaired) electrons. The van der Waals surface area contributed by atoms with E-state index < -0.39 is 11.6 Å². The molecule has 2 aromatic carbocycles. The predicted molar refractivity (Wildman–Crippen MR) is 112 cm³/mol. The van der Waals surface area contributed by atoms with Crippen molar-refractivity contribution in [2.24, 2.45) is 0 Å². The molecule has 29 heavy (non-hydrogen) atoms. The van der Waals surface area contributed by atoms with Gasteiger partial charge in [0.2, 0.25) is 0 Å². The van der Waals surface area contributed by atoms with Crippen molar-refractivity contribution in [2.45, 2.75) is 25.5 Å². The summed E-state index contributed by atoms with van der Waals surface area (Å²) in [6, 6.07) is 13.3. The van der Waals surface area contributed by atoms with Crippen molar-refractivity contribution in [1.82, 2.24) is 14.1 Å². The van der Waals surface area contributed by atoms with Crippen LogP contribution in [0.1, 0.15) is 16.8 Å². The number of rotatable bonds is 4. The molecule has 4 aromatic rings. The monoisotopic (exact) mass is 411 g/mol. The number of nitrogens with zero attached hydrogens (tertiary/aromatic N) is 3. The molecular formula is C22H19F2N3OS. The second kappa shape index (κ2) is 7.48. The minimum Gasteiger partial charge on any atom is -0.335 e. The topological polar surface area (TPSA) is 39.8 Å². The minimum atomic E-state index is -0.906. The number of halogens is 2. The number of benzene rings is 2. The molecule has 4 rings (SSSR count). The highest BCUT2D eigenvalue weighted by Crippen LogP contribution is 2.23. The molecule has 0 saturated heterocycles. The van der Waals surface area contributed by atoms with Gasteiger partial charge in [-0.3, -0.25) is 9.36 Å². The summed E-state index contributed by atoms with van der Waals surface area (Å²) in [5.41, 5.74) is 4.05. The van der Waals surface area contributed by atoms with Crippen LogP contribution in [-0.2, 0) is 6.54 Å². The fourth-order valence-corrected chi connectivity index (χ4v) is 3.96. The van der Waals surface area contributed by atoms with Crippen LogP contribution in [0.4, 0.5) is 8.78 Å². The zero-order valence-corrected chi connectivity index (χ0v) is 17.1. The largest absolute Gasteiger partial charge is 0.335 e. The van der Waals surface area contributed by atoms with Crippen LogP contribution in [0.2, 0.25) is 0 Å². The van der Waals surface area contributed by atoms with Crippen LogP contribution < -0.4 is 5.56 Å². The summed E-state index contributed by atoms with van der Waals surface area (Å²) in [7, 11) is 0. The van der Waals surface area contributed by atoms with Crippen molar-refractivity contribution in [3.8, 4) is 5.69 Å². The smallest absolute Gasteiger partial charge is 0.283 e. The van der Waals surface area contributed by atoms with E-state index in [2.05, 4.69) is 4.98 Å². The first-order chi connectivity index (χ1) is 13.9. The fourth-order valence-electron chi connectivity index (χ4n) is 3.40. The maximum Gasteiger partial charge on any atom is 0.283 e. The number of fused-ring (bicyclic) bond motifs is 1. The average molecular weight is 411 g/mol. The zero-order valence-electron chi connectivity index (χ0n) is 16.2. The van der Waals surface area contributed by atoms with E-state index >= 15 is 0 Å². The quantitative estimate of drug-likeness (QED) is 0.356.